The maximum atomic E-state index is 12.4. The van der Waals surface area contributed by atoms with Crippen molar-refractivity contribution >= 4 is 39.6 Å². The van der Waals surface area contributed by atoms with Gasteiger partial charge in [0.1, 0.15) is 5.69 Å². The van der Waals surface area contributed by atoms with Crippen molar-refractivity contribution in [2.75, 3.05) is 5.32 Å². The molecule has 0 aromatic carbocycles. The molecule has 3 rings (SSSR count). The third-order valence-electron chi connectivity index (χ3n) is 3.58. The first-order chi connectivity index (χ1) is 13.0. The first-order valence-corrected chi connectivity index (χ1v) is 9.88. The number of thiazole rings is 1. The van der Waals surface area contributed by atoms with Crippen molar-refractivity contribution in [3.05, 3.63) is 39.1 Å². The summed E-state index contributed by atoms with van der Waals surface area (Å²) < 4.78 is 6.38. The summed E-state index contributed by atoms with van der Waals surface area (Å²) in [7, 11) is 0. The van der Waals surface area contributed by atoms with Crippen molar-refractivity contribution in [2.45, 2.75) is 32.9 Å². The summed E-state index contributed by atoms with van der Waals surface area (Å²) in [5.74, 6) is -0.956. The number of aromatic nitrogens is 3. The molecule has 0 aliphatic carbocycles. The molecule has 0 bridgehead atoms. The van der Waals surface area contributed by atoms with E-state index in [1.807, 2.05) is 24.4 Å². The number of thiophene rings is 1. The summed E-state index contributed by atoms with van der Waals surface area (Å²) in [4.78, 5) is 40.3. The molecule has 142 valence electrons. The van der Waals surface area contributed by atoms with Crippen LogP contribution in [0.4, 0.5) is 5.13 Å². The highest BCUT2D eigenvalue weighted by Crippen LogP contribution is 2.21. The van der Waals surface area contributed by atoms with E-state index in [1.54, 1.807) is 5.38 Å². The lowest BCUT2D eigenvalue weighted by Gasteiger charge is -2.15. The second-order valence-corrected chi connectivity index (χ2v) is 7.44. The van der Waals surface area contributed by atoms with Crippen LogP contribution in [0, 0.1) is 0 Å². The average molecular weight is 407 g/mol. The number of hydrogen-bond donors (Lipinski definition) is 2. The molecule has 9 nitrogen and oxygen atoms in total. The van der Waals surface area contributed by atoms with E-state index in [0.29, 0.717) is 11.6 Å². The van der Waals surface area contributed by atoms with E-state index in [4.69, 9.17) is 4.42 Å². The molecule has 0 aliphatic rings. The van der Waals surface area contributed by atoms with Gasteiger partial charge in [-0.3, -0.25) is 9.59 Å². The van der Waals surface area contributed by atoms with Gasteiger partial charge in [0.2, 0.25) is 5.91 Å². The van der Waals surface area contributed by atoms with Gasteiger partial charge in [0.25, 0.3) is 11.8 Å². The Labute approximate surface area is 162 Å². The van der Waals surface area contributed by atoms with Crippen molar-refractivity contribution < 1.29 is 14.0 Å². The van der Waals surface area contributed by atoms with Crippen LogP contribution < -0.4 is 16.4 Å². The van der Waals surface area contributed by atoms with Gasteiger partial charge in [-0.1, -0.05) is 13.0 Å². The lowest BCUT2D eigenvalue weighted by Crippen LogP contribution is -2.39. The molecule has 0 saturated heterocycles. The zero-order chi connectivity index (χ0) is 19.4. The van der Waals surface area contributed by atoms with Crippen LogP contribution in [0.1, 0.15) is 30.8 Å². The van der Waals surface area contributed by atoms with Crippen LogP contribution in [0.5, 0.6) is 0 Å². The number of anilines is 1. The Morgan fingerprint density at radius 2 is 2.19 bits per heavy atom. The molecule has 11 heteroatoms. The van der Waals surface area contributed by atoms with Gasteiger partial charge in [0.05, 0.1) is 11.4 Å². The van der Waals surface area contributed by atoms with E-state index in [0.717, 1.165) is 16.2 Å². The van der Waals surface area contributed by atoms with Crippen LogP contribution in [-0.2, 0) is 11.3 Å². The minimum atomic E-state index is -0.576. The molecule has 0 fully saturated rings. The number of nitrogens with zero attached hydrogens (tertiary/aromatic N) is 3. The molecule has 0 saturated carbocycles. The highest BCUT2D eigenvalue weighted by Gasteiger charge is 2.19. The van der Waals surface area contributed by atoms with Crippen molar-refractivity contribution in [3.63, 3.8) is 0 Å². The molecule has 2 N–H and O–H groups in total. The number of amides is 2. The van der Waals surface area contributed by atoms with Gasteiger partial charge >= 0.3 is 5.76 Å². The Morgan fingerprint density at radius 3 is 2.85 bits per heavy atom. The van der Waals surface area contributed by atoms with Crippen molar-refractivity contribution in [1.82, 2.24) is 20.1 Å². The van der Waals surface area contributed by atoms with Gasteiger partial charge in [-0.15, -0.1) is 27.8 Å². The molecule has 0 unspecified atom stereocenters. The van der Waals surface area contributed by atoms with E-state index in [9.17, 15) is 14.4 Å². The topological polar surface area (TPSA) is 119 Å². The van der Waals surface area contributed by atoms with Crippen molar-refractivity contribution in [1.29, 1.82) is 0 Å². The average Bonchev–Trinajstić information content (AvgIpc) is 3.35. The number of rotatable bonds is 7. The summed E-state index contributed by atoms with van der Waals surface area (Å²) in [6, 6.07) is 3.33. The van der Waals surface area contributed by atoms with Gasteiger partial charge in [0, 0.05) is 18.3 Å². The SMILES string of the molecule is CC[C@@H](Cn1nc(-c2cccs2)oc1=O)NC(=O)c1csc(NC(C)=O)n1. The Bertz CT molecular complexity index is 989. The maximum absolute atomic E-state index is 12.4. The van der Waals surface area contributed by atoms with Gasteiger partial charge in [-0.05, 0) is 17.9 Å². The Hall–Kier alpha value is -2.79. The molecule has 2 amide bonds. The van der Waals surface area contributed by atoms with Crippen LogP contribution >= 0.6 is 22.7 Å². The number of carbonyl (C=O) groups is 2. The van der Waals surface area contributed by atoms with Crippen LogP contribution in [0.25, 0.3) is 10.8 Å². The molecule has 1 atom stereocenters. The lowest BCUT2D eigenvalue weighted by atomic mass is 10.2. The Kier molecular flexibility index (Phi) is 5.81. The van der Waals surface area contributed by atoms with Crippen LogP contribution in [-0.4, -0.2) is 32.6 Å². The molecule has 0 aliphatic heterocycles. The minimum Gasteiger partial charge on any atom is -0.387 e. The normalized spacial score (nSPS) is 11.9. The summed E-state index contributed by atoms with van der Waals surface area (Å²) in [5.41, 5.74) is 0.203. The molecule has 0 radical (unpaired) electrons. The fourth-order valence-corrected chi connectivity index (χ4v) is 3.63. The van der Waals surface area contributed by atoms with Gasteiger partial charge in [0.15, 0.2) is 5.13 Å². The monoisotopic (exact) mass is 407 g/mol. The number of carbonyl (C=O) groups excluding carboxylic acids is 2. The predicted molar refractivity (Wildman–Crippen MR) is 102 cm³/mol. The Morgan fingerprint density at radius 1 is 1.37 bits per heavy atom. The molecular weight excluding hydrogens is 390 g/mol. The zero-order valence-electron chi connectivity index (χ0n) is 14.6. The second-order valence-electron chi connectivity index (χ2n) is 5.63. The van der Waals surface area contributed by atoms with Gasteiger partial charge in [-0.2, -0.15) is 4.68 Å². The smallest absolute Gasteiger partial charge is 0.387 e. The predicted octanol–water partition coefficient (Wildman–Crippen LogP) is 2.19. The van der Waals surface area contributed by atoms with E-state index in [1.165, 1.54) is 22.9 Å². The first kappa shape index (κ1) is 19.0. The summed E-state index contributed by atoms with van der Waals surface area (Å²) >= 11 is 2.59. The fraction of sp³-hybridized carbons (Fsp3) is 0.312. The Balaban J connectivity index is 1.67. The maximum Gasteiger partial charge on any atom is 0.437 e. The van der Waals surface area contributed by atoms with Crippen molar-refractivity contribution in [2.24, 2.45) is 0 Å². The van der Waals surface area contributed by atoms with Crippen LogP contribution in [0.15, 0.2) is 32.1 Å². The minimum absolute atomic E-state index is 0.179. The first-order valence-electron chi connectivity index (χ1n) is 8.12. The molecular formula is C16H17N5O4S2. The zero-order valence-corrected chi connectivity index (χ0v) is 16.2. The molecule has 3 aromatic rings. The number of hydrogen-bond acceptors (Lipinski definition) is 8. The van der Waals surface area contributed by atoms with Crippen molar-refractivity contribution in [3.8, 4) is 10.8 Å². The fourth-order valence-electron chi connectivity index (χ4n) is 2.25. The highest BCUT2D eigenvalue weighted by molar-refractivity contribution is 7.14. The van der Waals surface area contributed by atoms with Gasteiger partial charge < -0.3 is 15.1 Å². The largest absolute Gasteiger partial charge is 0.437 e. The third kappa shape index (κ3) is 4.68. The summed E-state index contributed by atoms with van der Waals surface area (Å²) in [5, 5.41) is 13.3. The third-order valence-corrected chi connectivity index (χ3v) is 5.19. The molecule has 0 spiro atoms. The van der Waals surface area contributed by atoms with E-state index in [-0.39, 0.29) is 36.0 Å². The summed E-state index contributed by atoms with van der Waals surface area (Å²) in [6.07, 6.45) is 0.585. The van der Waals surface area contributed by atoms with Crippen LogP contribution in [0.2, 0.25) is 0 Å². The quantitative estimate of drug-likeness (QED) is 0.620. The van der Waals surface area contributed by atoms with E-state index in [2.05, 4.69) is 20.7 Å². The van der Waals surface area contributed by atoms with Gasteiger partial charge in [-0.25, -0.2) is 9.78 Å². The van der Waals surface area contributed by atoms with E-state index >= 15 is 0 Å². The number of nitrogens with one attached hydrogen (secondary N) is 2. The van der Waals surface area contributed by atoms with E-state index < -0.39 is 5.76 Å². The highest BCUT2D eigenvalue weighted by atomic mass is 32.1. The molecule has 3 aromatic heterocycles. The van der Waals surface area contributed by atoms with Crippen LogP contribution in [0.3, 0.4) is 0 Å². The summed E-state index contributed by atoms with van der Waals surface area (Å²) in [6.45, 7) is 3.44. The standard InChI is InChI=1S/C16H17N5O4S2/c1-3-10(18-13(23)11-8-27-15(19-11)17-9(2)22)7-21-16(24)25-14(20-21)12-5-4-6-26-12/h4-6,8,10H,3,7H2,1-2H3,(H,18,23)(H,17,19,22)/t10-/m0/s1. The second kappa shape index (κ2) is 8.27. The molecule has 27 heavy (non-hydrogen) atoms. The lowest BCUT2D eigenvalue weighted by molar-refractivity contribution is -0.114. The molecule has 3 heterocycles.